The van der Waals surface area contributed by atoms with E-state index in [0.29, 0.717) is 34.7 Å². The van der Waals surface area contributed by atoms with E-state index in [1.54, 1.807) is 36.7 Å². The SMILES string of the molecule is COc1cccc(F)c1C1c2cnccc2C(=O)N1c1cc(C)nc(N2CCN[C@H](C)C2)n1. The van der Waals surface area contributed by atoms with Gasteiger partial charge in [-0.05, 0) is 32.0 Å². The number of amides is 1. The average Bonchev–Trinajstić information content (AvgIpc) is 3.10. The van der Waals surface area contributed by atoms with Crippen molar-refractivity contribution in [3.63, 3.8) is 0 Å². The number of fused-ring (bicyclic) bond motifs is 1. The Morgan fingerprint density at radius 2 is 2.09 bits per heavy atom. The fraction of sp³-hybridized carbons (Fsp3) is 0.333. The van der Waals surface area contributed by atoms with Gasteiger partial charge in [0, 0.05) is 61.0 Å². The molecule has 0 aliphatic carbocycles. The van der Waals surface area contributed by atoms with Crippen molar-refractivity contribution in [2.24, 2.45) is 0 Å². The van der Waals surface area contributed by atoms with Crippen LogP contribution in [0.15, 0.2) is 42.7 Å². The van der Waals surface area contributed by atoms with E-state index in [-0.39, 0.29) is 11.5 Å². The second-order valence-electron chi connectivity index (χ2n) is 8.37. The number of halogens is 1. The van der Waals surface area contributed by atoms with Crippen LogP contribution in [-0.2, 0) is 0 Å². The third-order valence-corrected chi connectivity index (χ3v) is 6.09. The summed E-state index contributed by atoms with van der Waals surface area (Å²) in [6, 6.07) is 7.59. The van der Waals surface area contributed by atoms with Crippen molar-refractivity contribution in [2.75, 3.05) is 36.5 Å². The minimum absolute atomic E-state index is 0.263. The fourth-order valence-electron chi connectivity index (χ4n) is 4.60. The van der Waals surface area contributed by atoms with E-state index < -0.39 is 11.9 Å². The van der Waals surface area contributed by atoms with Gasteiger partial charge in [-0.2, -0.15) is 4.98 Å². The minimum Gasteiger partial charge on any atom is -0.496 e. The maximum Gasteiger partial charge on any atom is 0.260 e. The van der Waals surface area contributed by atoms with Crippen LogP contribution in [0, 0.1) is 12.7 Å². The van der Waals surface area contributed by atoms with Gasteiger partial charge < -0.3 is 15.0 Å². The summed E-state index contributed by atoms with van der Waals surface area (Å²) in [4.78, 5) is 30.8. The minimum atomic E-state index is -0.763. The molecule has 3 aromatic rings. The molecule has 170 valence electrons. The van der Waals surface area contributed by atoms with E-state index in [4.69, 9.17) is 9.72 Å². The Bertz CT molecular complexity index is 1220. The maximum atomic E-state index is 15.2. The zero-order chi connectivity index (χ0) is 23.1. The second kappa shape index (κ2) is 8.40. The number of methoxy groups -OCH3 is 1. The molecule has 1 saturated heterocycles. The molecule has 5 rings (SSSR count). The van der Waals surface area contributed by atoms with Crippen molar-refractivity contribution in [1.82, 2.24) is 20.3 Å². The number of aromatic nitrogens is 3. The first-order valence-corrected chi connectivity index (χ1v) is 10.9. The van der Waals surface area contributed by atoms with Crippen LogP contribution in [0.5, 0.6) is 5.75 Å². The molecule has 2 aromatic heterocycles. The summed E-state index contributed by atoms with van der Waals surface area (Å²) in [5, 5.41) is 3.41. The van der Waals surface area contributed by atoms with Crippen LogP contribution in [-0.4, -0.2) is 53.6 Å². The van der Waals surface area contributed by atoms with Crippen molar-refractivity contribution in [3.05, 3.63) is 70.9 Å². The molecule has 2 aliphatic heterocycles. The van der Waals surface area contributed by atoms with Gasteiger partial charge in [-0.25, -0.2) is 9.37 Å². The summed E-state index contributed by atoms with van der Waals surface area (Å²) in [6.45, 7) is 6.31. The Hall–Kier alpha value is -3.59. The molecule has 0 radical (unpaired) electrons. The number of benzene rings is 1. The van der Waals surface area contributed by atoms with E-state index in [1.165, 1.54) is 18.1 Å². The first-order chi connectivity index (χ1) is 16.0. The summed E-state index contributed by atoms with van der Waals surface area (Å²) in [6.07, 6.45) is 3.17. The van der Waals surface area contributed by atoms with Crippen LogP contribution in [0.3, 0.4) is 0 Å². The van der Waals surface area contributed by atoms with Gasteiger partial charge in [0.1, 0.15) is 17.4 Å². The predicted octanol–water partition coefficient (Wildman–Crippen LogP) is 2.88. The standard InChI is InChI=1S/C24H25FN6O2/c1-14-11-20(29-24(28-14)30-10-9-27-15(2)13-30)31-22(17-12-26-8-7-16(17)23(31)32)21-18(25)5-4-6-19(21)33-3/h4-8,11-12,15,22,27H,9-10,13H2,1-3H3/t15-,22?/m1/s1. The zero-order valence-corrected chi connectivity index (χ0v) is 18.7. The Morgan fingerprint density at radius 1 is 1.24 bits per heavy atom. The highest BCUT2D eigenvalue weighted by molar-refractivity contribution is 6.11. The van der Waals surface area contributed by atoms with Crippen molar-refractivity contribution in [1.29, 1.82) is 0 Å². The number of ether oxygens (including phenoxy) is 1. The molecule has 33 heavy (non-hydrogen) atoms. The molecule has 1 unspecified atom stereocenters. The molecular formula is C24H25FN6O2. The Labute approximate surface area is 191 Å². The van der Waals surface area contributed by atoms with Crippen LogP contribution >= 0.6 is 0 Å². The van der Waals surface area contributed by atoms with E-state index in [9.17, 15) is 4.79 Å². The van der Waals surface area contributed by atoms with Crippen LogP contribution in [0.4, 0.5) is 16.2 Å². The number of anilines is 2. The highest BCUT2D eigenvalue weighted by Gasteiger charge is 2.42. The number of aryl methyl sites for hydroxylation is 1. The summed E-state index contributed by atoms with van der Waals surface area (Å²) in [7, 11) is 1.49. The van der Waals surface area contributed by atoms with Crippen molar-refractivity contribution >= 4 is 17.7 Å². The van der Waals surface area contributed by atoms with Gasteiger partial charge >= 0.3 is 0 Å². The quantitative estimate of drug-likeness (QED) is 0.657. The predicted molar refractivity (Wildman–Crippen MR) is 122 cm³/mol. The van der Waals surface area contributed by atoms with Crippen LogP contribution in [0.1, 0.15) is 40.1 Å². The number of pyridine rings is 1. The largest absolute Gasteiger partial charge is 0.496 e. The molecule has 0 bridgehead atoms. The molecule has 1 N–H and O–H groups in total. The Morgan fingerprint density at radius 3 is 2.88 bits per heavy atom. The van der Waals surface area contributed by atoms with Gasteiger partial charge in [0.2, 0.25) is 5.95 Å². The smallest absolute Gasteiger partial charge is 0.260 e. The molecule has 4 heterocycles. The van der Waals surface area contributed by atoms with E-state index >= 15 is 4.39 Å². The number of nitrogens with one attached hydrogen (secondary N) is 1. The average molecular weight is 449 g/mol. The van der Waals surface area contributed by atoms with Gasteiger partial charge in [-0.3, -0.25) is 14.7 Å². The molecule has 1 aromatic carbocycles. The topological polar surface area (TPSA) is 83.5 Å². The van der Waals surface area contributed by atoms with Crippen LogP contribution < -0.4 is 19.9 Å². The number of nitrogens with zero attached hydrogens (tertiary/aromatic N) is 5. The third kappa shape index (κ3) is 3.68. The second-order valence-corrected chi connectivity index (χ2v) is 8.37. The molecule has 8 nitrogen and oxygen atoms in total. The van der Waals surface area contributed by atoms with E-state index in [0.717, 1.165) is 25.3 Å². The van der Waals surface area contributed by atoms with Gasteiger partial charge in [0.15, 0.2) is 0 Å². The lowest BCUT2D eigenvalue weighted by Gasteiger charge is -2.33. The van der Waals surface area contributed by atoms with Gasteiger partial charge in [0.25, 0.3) is 5.91 Å². The number of hydrogen-bond donors (Lipinski definition) is 1. The van der Waals surface area contributed by atoms with Gasteiger partial charge in [0.05, 0.1) is 18.7 Å². The van der Waals surface area contributed by atoms with E-state index in [1.807, 2.05) is 6.92 Å². The number of carbonyl (C=O) groups excluding carboxylic acids is 1. The first-order valence-electron chi connectivity index (χ1n) is 10.9. The van der Waals surface area contributed by atoms with Crippen molar-refractivity contribution in [3.8, 4) is 5.75 Å². The molecule has 0 spiro atoms. The highest BCUT2D eigenvalue weighted by atomic mass is 19.1. The zero-order valence-electron chi connectivity index (χ0n) is 18.7. The Kier molecular flexibility index (Phi) is 5.41. The summed E-state index contributed by atoms with van der Waals surface area (Å²) in [5.74, 6) is 0.604. The molecule has 2 atom stereocenters. The normalized spacial score (nSPS) is 20.2. The third-order valence-electron chi connectivity index (χ3n) is 6.09. The fourth-order valence-corrected chi connectivity index (χ4v) is 4.60. The van der Waals surface area contributed by atoms with Crippen LogP contribution in [0.2, 0.25) is 0 Å². The van der Waals surface area contributed by atoms with Gasteiger partial charge in [-0.15, -0.1) is 0 Å². The lowest BCUT2D eigenvalue weighted by atomic mass is 9.98. The first kappa shape index (κ1) is 21.3. The molecule has 1 amide bonds. The summed E-state index contributed by atoms with van der Waals surface area (Å²) in [5.41, 5.74) is 2.07. The monoisotopic (exact) mass is 448 g/mol. The molecule has 2 aliphatic rings. The summed E-state index contributed by atoms with van der Waals surface area (Å²) >= 11 is 0. The number of rotatable bonds is 4. The molecule has 0 saturated carbocycles. The summed E-state index contributed by atoms with van der Waals surface area (Å²) < 4.78 is 20.7. The van der Waals surface area contributed by atoms with E-state index in [2.05, 4.69) is 27.1 Å². The Balaban J connectivity index is 1.67. The number of carbonyl (C=O) groups is 1. The molecular weight excluding hydrogens is 423 g/mol. The van der Waals surface area contributed by atoms with Crippen molar-refractivity contribution in [2.45, 2.75) is 25.9 Å². The number of hydrogen-bond acceptors (Lipinski definition) is 7. The van der Waals surface area contributed by atoms with Crippen LogP contribution in [0.25, 0.3) is 0 Å². The van der Waals surface area contributed by atoms with Crippen molar-refractivity contribution < 1.29 is 13.9 Å². The molecule has 9 heteroatoms. The molecule has 1 fully saturated rings. The number of piperazine rings is 1. The lowest BCUT2D eigenvalue weighted by molar-refractivity contribution is 0.0992. The highest BCUT2D eigenvalue weighted by Crippen LogP contribution is 2.44. The lowest BCUT2D eigenvalue weighted by Crippen LogP contribution is -2.50. The maximum absolute atomic E-state index is 15.2. The van der Waals surface area contributed by atoms with Gasteiger partial charge in [-0.1, -0.05) is 6.07 Å².